The van der Waals surface area contributed by atoms with Crippen molar-refractivity contribution in [2.45, 2.75) is 38.5 Å². The second-order valence-electron chi connectivity index (χ2n) is 9.06. The Morgan fingerprint density at radius 1 is 1.27 bits per heavy atom. The third-order valence-corrected chi connectivity index (χ3v) is 6.67. The number of carbonyl (C=O) groups is 1. The van der Waals surface area contributed by atoms with Gasteiger partial charge in [-0.3, -0.25) is 4.79 Å². The van der Waals surface area contributed by atoms with Crippen LogP contribution in [0.2, 0.25) is 0 Å². The van der Waals surface area contributed by atoms with Gasteiger partial charge < -0.3 is 20.1 Å². The number of amides is 1. The van der Waals surface area contributed by atoms with Crippen molar-refractivity contribution in [3.05, 3.63) is 53.4 Å². The first kappa shape index (κ1) is 26.8. The fourth-order valence-corrected chi connectivity index (χ4v) is 4.74. The van der Waals surface area contributed by atoms with E-state index in [0.717, 1.165) is 6.07 Å². The minimum absolute atomic E-state index is 0.0296. The molecule has 3 aromatic rings. The molecule has 12 heteroatoms. The van der Waals surface area contributed by atoms with E-state index in [1.54, 1.807) is 23.1 Å². The molecule has 0 radical (unpaired) electrons. The van der Waals surface area contributed by atoms with Gasteiger partial charge >= 0.3 is 0 Å². The zero-order valence-electron chi connectivity index (χ0n) is 20.5. The summed E-state index contributed by atoms with van der Waals surface area (Å²) in [6.45, 7) is 4.39. The number of aromatic nitrogens is 3. The van der Waals surface area contributed by atoms with Crippen LogP contribution in [0.3, 0.4) is 0 Å². The highest BCUT2D eigenvalue weighted by Crippen LogP contribution is 2.34. The summed E-state index contributed by atoms with van der Waals surface area (Å²) in [7, 11) is 0. The summed E-state index contributed by atoms with van der Waals surface area (Å²) in [6, 6.07) is 5.91. The third-order valence-electron chi connectivity index (χ3n) is 5.88. The predicted molar refractivity (Wildman–Crippen MR) is 134 cm³/mol. The molecule has 0 unspecified atom stereocenters. The van der Waals surface area contributed by atoms with Crippen LogP contribution in [0.1, 0.15) is 48.1 Å². The van der Waals surface area contributed by atoms with Gasteiger partial charge in [-0.05, 0) is 23.8 Å². The summed E-state index contributed by atoms with van der Waals surface area (Å²) in [5, 5.41) is 11.8. The largest absolute Gasteiger partial charge is 0.491 e. The lowest BCUT2D eigenvalue weighted by Crippen LogP contribution is -2.35. The normalized spacial score (nSPS) is 15.7. The molecule has 0 aliphatic carbocycles. The summed E-state index contributed by atoms with van der Waals surface area (Å²) in [5.41, 5.74) is 0.703. The van der Waals surface area contributed by atoms with Crippen LogP contribution in [0.15, 0.2) is 30.5 Å². The average Bonchev–Trinajstić information content (AvgIpc) is 3.35. The van der Waals surface area contributed by atoms with E-state index in [9.17, 15) is 9.18 Å². The summed E-state index contributed by atoms with van der Waals surface area (Å²) in [4.78, 5) is 22.1. The van der Waals surface area contributed by atoms with Gasteiger partial charge in [0.2, 0.25) is 5.13 Å². The summed E-state index contributed by atoms with van der Waals surface area (Å²) in [6.07, 6.45) is 0.388. The number of rotatable bonds is 6. The number of halogens is 3. The van der Waals surface area contributed by atoms with Gasteiger partial charge in [0.15, 0.2) is 11.5 Å². The van der Waals surface area contributed by atoms with Crippen molar-refractivity contribution in [1.82, 2.24) is 19.7 Å². The average molecular weight is 536 g/mol. The molecule has 0 spiro atoms. The number of fused-ring (bicyclic) bond motifs is 1. The molecule has 0 fully saturated rings. The zero-order chi connectivity index (χ0) is 26.6. The quantitative estimate of drug-likeness (QED) is 0.491. The molecule has 2 N–H and O–H groups in total. The van der Waals surface area contributed by atoms with Crippen LogP contribution >= 0.6 is 11.5 Å². The summed E-state index contributed by atoms with van der Waals surface area (Å²) >= 11 is 1.20. The summed E-state index contributed by atoms with van der Waals surface area (Å²) < 4.78 is 54.9. The van der Waals surface area contributed by atoms with Crippen molar-refractivity contribution in [3.8, 4) is 16.9 Å². The van der Waals surface area contributed by atoms with Gasteiger partial charge in [0.05, 0.1) is 13.2 Å². The third kappa shape index (κ3) is 6.55. The molecule has 1 amide bonds. The lowest BCUT2D eigenvalue weighted by atomic mass is 9.98. The molecular formula is C25H28F3N5O3S. The first-order chi connectivity index (χ1) is 17.7. The minimum Gasteiger partial charge on any atom is -0.491 e. The summed E-state index contributed by atoms with van der Waals surface area (Å²) in [5.74, 6) is -3.46. The Bertz CT molecular complexity index is 1250. The van der Waals surface area contributed by atoms with E-state index in [2.05, 4.69) is 19.7 Å². The number of ether oxygens (including phenoxy) is 1. The molecule has 0 saturated carbocycles. The molecule has 198 valence electrons. The molecule has 0 bridgehead atoms. The molecule has 2 aromatic heterocycles. The van der Waals surface area contributed by atoms with Crippen molar-refractivity contribution >= 4 is 22.6 Å². The van der Waals surface area contributed by atoms with Crippen LogP contribution in [-0.2, 0) is 6.42 Å². The van der Waals surface area contributed by atoms with Crippen molar-refractivity contribution < 1.29 is 27.8 Å². The van der Waals surface area contributed by atoms with Crippen LogP contribution in [0.4, 0.5) is 18.3 Å². The number of anilines is 1. The topological polar surface area (TPSA) is 100 Å². The molecule has 8 nitrogen and oxygen atoms in total. The van der Waals surface area contributed by atoms with E-state index in [1.807, 2.05) is 13.8 Å². The lowest BCUT2D eigenvalue weighted by molar-refractivity contribution is -0.00635. The van der Waals surface area contributed by atoms with Crippen molar-refractivity contribution in [1.29, 1.82) is 0 Å². The van der Waals surface area contributed by atoms with E-state index < -0.39 is 29.8 Å². The maximum Gasteiger partial charge on any atom is 0.273 e. The number of alkyl halides is 2. The number of nitrogens with one attached hydrogen (secondary N) is 1. The molecule has 0 atom stereocenters. The standard InChI is InChI=1S/C25H28F3N5O3S/c1-15(2)22-31-24(37-32-22)33-7-5-25(27,28)13-17-11-16(3-4-20(17)36-10-8-33)18-12-19(26)21(30-14-18)23(35)29-6-9-34/h3-4,11-12,14-15,34H,5-10,13H2,1-2H3,(H,29,35). The first-order valence-corrected chi connectivity index (χ1v) is 12.7. The minimum atomic E-state index is -3.02. The molecule has 0 saturated heterocycles. The SMILES string of the molecule is CC(C)c1nsc(N2CCOc3ccc(-c4cnc(C(=O)NCCO)c(F)c4)cc3CC(F)(F)CC2)n1. The number of nitrogens with zero attached hydrogens (tertiary/aromatic N) is 4. The Kier molecular flexibility index (Phi) is 8.28. The lowest BCUT2D eigenvalue weighted by Gasteiger charge is -2.27. The molecule has 37 heavy (non-hydrogen) atoms. The van der Waals surface area contributed by atoms with E-state index in [-0.39, 0.29) is 38.6 Å². The monoisotopic (exact) mass is 535 g/mol. The van der Waals surface area contributed by atoms with Crippen molar-refractivity contribution in [2.24, 2.45) is 0 Å². The van der Waals surface area contributed by atoms with Gasteiger partial charge in [-0.1, -0.05) is 19.9 Å². The van der Waals surface area contributed by atoms with E-state index in [1.165, 1.54) is 17.7 Å². The molecule has 1 aliphatic heterocycles. The molecule has 1 aliphatic rings. The van der Waals surface area contributed by atoms with Gasteiger partial charge in [-0.2, -0.15) is 4.37 Å². The van der Waals surface area contributed by atoms with Gasteiger partial charge in [0.25, 0.3) is 11.8 Å². The Morgan fingerprint density at radius 2 is 2.08 bits per heavy atom. The number of pyridine rings is 1. The fourth-order valence-electron chi connectivity index (χ4n) is 3.88. The van der Waals surface area contributed by atoms with E-state index in [4.69, 9.17) is 9.84 Å². The first-order valence-electron chi connectivity index (χ1n) is 11.9. The maximum absolute atomic E-state index is 15.1. The molecule has 3 heterocycles. The fraction of sp³-hybridized carbons (Fsp3) is 0.440. The van der Waals surface area contributed by atoms with E-state index in [0.29, 0.717) is 39.9 Å². The van der Waals surface area contributed by atoms with Crippen molar-refractivity contribution in [3.63, 3.8) is 0 Å². The number of hydrogen-bond donors (Lipinski definition) is 2. The second kappa shape index (κ2) is 11.4. The number of aliphatic hydroxyl groups is 1. The Hall–Kier alpha value is -3.25. The molecular weight excluding hydrogens is 507 g/mol. The van der Waals surface area contributed by atoms with Gasteiger partial charge in [0.1, 0.15) is 18.2 Å². The highest BCUT2D eigenvalue weighted by molar-refractivity contribution is 7.09. The number of aliphatic hydroxyl groups excluding tert-OH is 1. The van der Waals surface area contributed by atoms with Crippen LogP contribution in [0.5, 0.6) is 5.75 Å². The van der Waals surface area contributed by atoms with Gasteiger partial charge in [-0.15, -0.1) is 0 Å². The molecule has 4 rings (SSSR count). The zero-order valence-corrected chi connectivity index (χ0v) is 21.3. The van der Waals surface area contributed by atoms with Crippen LogP contribution < -0.4 is 15.0 Å². The number of carbonyl (C=O) groups excluding carboxylic acids is 1. The maximum atomic E-state index is 15.1. The second-order valence-corrected chi connectivity index (χ2v) is 9.79. The number of benzene rings is 1. The Balaban J connectivity index is 1.55. The highest BCUT2D eigenvalue weighted by Gasteiger charge is 2.33. The Morgan fingerprint density at radius 3 is 2.78 bits per heavy atom. The molecule has 1 aromatic carbocycles. The smallest absolute Gasteiger partial charge is 0.273 e. The Labute approximate surface area is 216 Å². The van der Waals surface area contributed by atoms with Gasteiger partial charge in [0, 0.05) is 60.7 Å². The van der Waals surface area contributed by atoms with Crippen LogP contribution in [-0.4, -0.2) is 64.1 Å². The van der Waals surface area contributed by atoms with Crippen LogP contribution in [0.25, 0.3) is 11.1 Å². The van der Waals surface area contributed by atoms with Crippen molar-refractivity contribution in [2.75, 3.05) is 37.7 Å². The van der Waals surface area contributed by atoms with Gasteiger partial charge in [-0.25, -0.2) is 23.1 Å². The predicted octanol–water partition coefficient (Wildman–Crippen LogP) is 4.05. The van der Waals surface area contributed by atoms with E-state index >= 15 is 8.78 Å². The van der Waals surface area contributed by atoms with Crippen LogP contribution in [0, 0.1) is 5.82 Å². The number of hydrogen-bond acceptors (Lipinski definition) is 8. The highest BCUT2D eigenvalue weighted by atomic mass is 32.1.